The van der Waals surface area contributed by atoms with Gasteiger partial charge in [-0.15, -0.1) is 0 Å². The maximum atomic E-state index is 13.1. The molecule has 6 aromatic rings. The van der Waals surface area contributed by atoms with Gasteiger partial charge in [-0.2, -0.15) is 23.5 Å². The van der Waals surface area contributed by atoms with Crippen LogP contribution in [0.4, 0.5) is 0 Å². The van der Waals surface area contributed by atoms with E-state index in [0.29, 0.717) is 33.8 Å². The van der Waals surface area contributed by atoms with Gasteiger partial charge in [0.1, 0.15) is 11.5 Å². The lowest BCUT2D eigenvalue weighted by molar-refractivity contribution is -0.0503. The van der Waals surface area contributed by atoms with Gasteiger partial charge < -0.3 is 10.2 Å². The molecule has 78 heavy (non-hydrogen) atoms. The number of phenols is 2. The first kappa shape index (κ1) is 53.0. The van der Waals surface area contributed by atoms with Crippen molar-refractivity contribution in [2.75, 3.05) is 0 Å². The molecule has 0 heterocycles. The minimum absolute atomic E-state index is 0.0557. The number of rotatable bonds is 12. The van der Waals surface area contributed by atoms with Gasteiger partial charge in [0.2, 0.25) is 0 Å². The zero-order valence-electron chi connectivity index (χ0n) is 48.0. The first-order valence-corrected chi connectivity index (χ1v) is 32.7. The molecule has 2 N–H and O–H groups in total. The molecule has 0 saturated heterocycles. The molecule has 9 fully saturated rings. The van der Waals surface area contributed by atoms with E-state index in [1.165, 1.54) is 134 Å². The molecule has 9 aliphatic carbocycles. The standard InChI is InChI=1S/C74H88O2S2/c1-67(2,3)59-33-53(65(75)61(35-59)73-41-51-37-69(47-73,55-23-13-9-14-24-55)45-70(38-51,48-73)56-25-15-10-16-26-56)43-77-63-31-21-7-8-22-32-64(63)78-44-54-34-60(68(4,5)6)36-62(66(54)76)74-42-52-39-71(49-74,57-27-17-11-18-28-57)46-72(40-52,50-74)58-29-19-12-20-30-58/h9-20,23-30,33-36,51-52,63-64,75-76H,7-8,21-22,31-32,37-50H2,1-6H3/t51?,52?,63-,64?,69?,70?,71?,72?,73?,74?/m0/s1. The minimum atomic E-state index is -0.0998. The number of thioether (sulfide) groups is 2. The zero-order chi connectivity index (χ0) is 53.8. The molecule has 8 bridgehead atoms. The van der Waals surface area contributed by atoms with E-state index >= 15 is 0 Å². The third-order valence-electron chi connectivity index (χ3n) is 22.0. The van der Waals surface area contributed by atoms with E-state index < -0.39 is 0 Å². The molecule has 0 radical (unpaired) electrons. The van der Waals surface area contributed by atoms with Crippen LogP contribution in [0, 0.1) is 11.8 Å². The highest BCUT2D eigenvalue weighted by molar-refractivity contribution is 8.03. The predicted octanol–water partition coefficient (Wildman–Crippen LogP) is 19.2. The Morgan fingerprint density at radius 3 is 0.962 bits per heavy atom. The summed E-state index contributed by atoms with van der Waals surface area (Å²) in [6.07, 6.45) is 21.7. The van der Waals surface area contributed by atoms with Crippen molar-refractivity contribution in [1.82, 2.24) is 0 Å². The van der Waals surface area contributed by atoms with E-state index in [1.807, 2.05) is 0 Å². The van der Waals surface area contributed by atoms with Crippen LogP contribution in [0.2, 0.25) is 0 Å². The number of phenolic OH excluding ortho intramolecular Hbond substituents is 2. The van der Waals surface area contributed by atoms with E-state index in [2.05, 4.69) is 211 Å². The van der Waals surface area contributed by atoms with Gasteiger partial charge >= 0.3 is 0 Å². The van der Waals surface area contributed by atoms with Crippen LogP contribution in [-0.2, 0) is 54.8 Å². The maximum Gasteiger partial charge on any atom is 0.123 e. The predicted molar refractivity (Wildman–Crippen MR) is 330 cm³/mol. The zero-order valence-corrected chi connectivity index (χ0v) is 49.7. The number of aromatic hydroxyl groups is 2. The summed E-state index contributed by atoms with van der Waals surface area (Å²) < 4.78 is 0. The summed E-state index contributed by atoms with van der Waals surface area (Å²) in [4.78, 5) is 0. The fourth-order valence-corrected chi connectivity index (χ4v) is 22.5. The second kappa shape index (κ2) is 19.7. The van der Waals surface area contributed by atoms with Crippen LogP contribution in [0.25, 0.3) is 0 Å². The molecule has 0 aromatic heterocycles. The largest absolute Gasteiger partial charge is 0.507 e. The van der Waals surface area contributed by atoms with Gasteiger partial charge in [-0.3, -0.25) is 0 Å². The smallest absolute Gasteiger partial charge is 0.123 e. The molecule has 6 atom stereocenters. The highest BCUT2D eigenvalue weighted by Crippen LogP contribution is 2.73. The average Bonchev–Trinajstić information content (AvgIpc) is 3.07. The van der Waals surface area contributed by atoms with Gasteiger partial charge in [-0.1, -0.05) is 213 Å². The summed E-state index contributed by atoms with van der Waals surface area (Å²) in [5.74, 6) is 4.06. The highest BCUT2D eigenvalue weighted by Gasteiger charge is 2.66. The van der Waals surface area contributed by atoms with Crippen molar-refractivity contribution in [1.29, 1.82) is 0 Å². The van der Waals surface area contributed by atoms with E-state index in [0.717, 1.165) is 48.3 Å². The summed E-state index contributed by atoms with van der Waals surface area (Å²) in [6, 6.07) is 56.0. The van der Waals surface area contributed by atoms with Crippen molar-refractivity contribution in [3.8, 4) is 11.5 Å². The van der Waals surface area contributed by atoms with Gasteiger partial charge in [0.05, 0.1) is 0 Å². The Balaban J connectivity index is 0.827. The summed E-state index contributed by atoms with van der Waals surface area (Å²) in [7, 11) is 0. The minimum Gasteiger partial charge on any atom is -0.507 e. The molecule has 2 nitrogen and oxygen atoms in total. The molecule has 5 unspecified atom stereocenters. The SMILES string of the molecule is CC(C)(C)c1cc(CSC2CCCCCC[C@@H]2SCc2cc(C(C)(C)C)cc(C34CC5CC(c6ccccc6)(CC(c6ccccc6)(C5)C3)C4)c2O)c(O)c(C23CC4CC(c5ccccc5)(CC(c5ccccc5)(C4)C2)C3)c1. The van der Waals surface area contributed by atoms with Crippen molar-refractivity contribution in [2.24, 2.45) is 11.8 Å². The van der Waals surface area contributed by atoms with Crippen LogP contribution in [-0.4, -0.2) is 20.7 Å². The highest BCUT2D eigenvalue weighted by atomic mass is 32.2. The summed E-state index contributed by atoms with van der Waals surface area (Å²) in [5.41, 5.74) is 13.6. The molecular weight excluding hydrogens is 985 g/mol. The third kappa shape index (κ3) is 9.24. The molecular formula is C74H88O2S2. The van der Waals surface area contributed by atoms with E-state index in [1.54, 1.807) is 0 Å². The van der Waals surface area contributed by atoms with Crippen molar-refractivity contribution in [2.45, 2.75) is 222 Å². The van der Waals surface area contributed by atoms with E-state index in [9.17, 15) is 10.2 Å². The van der Waals surface area contributed by atoms with Crippen molar-refractivity contribution >= 4 is 23.5 Å². The molecule has 6 aromatic carbocycles. The molecule has 0 amide bonds. The van der Waals surface area contributed by atoms with Crippen LogP contribution in [0.5, 0.6) is 11.5 Å². The van der Waals surface area contributed by atoms with Crippen LogP contribution >= 0.6 is 23.5 Å². The lowest BCUT2D eigenvalue weighted by Gasteiger charge is -2.67. The molecule has 15 rings (SSSR count). The summed E-state index contributed by atoms with van der Waals surface area (Å²) in [6.45, 7) is 14.2. The maximum absolute atomic E-state index is 13.1. The molecule has 9 aliphatic rings. The Hall–Kier alpha value is -4.38. The van der Waals surface area contributed by atoms with Gasteiger partial charge in [0.25, 0.3) is 0 Å². The average molecular weight is 1070 g/mol. The molecule has 408 valence electrons. The second-order valence-electron chi connectivity index (χ2n) is 29.4. The Labute approximate surface area is 477 Å². The monoisotopic (exact) mass is 1070 g/mol. The summed E-state index contributed by atoms with van der Waals surface area (Å²) >= 11 is 4.27. The molecule has 0 spiro atoms. The lowest BCUT2D eigenvalue weighted by atomic mass is 9.36. The van der Waals surface area contributed by atoms with Crippen LogP contribution in [0.3, 0.4) is 0 Å². The third-order valence-corrected chi connectivity index (χ3v) is 25.1. The van der Waals surface area contributed by atoms with Crippen LogP contribution < -0.4 is 0 Å². The first-order valence-electron chi connectivity index (χ1n) is 30.6. The van der Waals surface area contributed by atoms with Crippen LogP contribution in [0.15, 0.2) is 146 Å². The van der Waals surface area contributed by atoms with Gasteiger partial charge in [-0.25, -0.2) is 0 Å². The Kier molecular flexibility index (Phi) is 13.4. The van der Waals surface area contributed by atoms with Crippen molar-refractivity contribution in [3.63, 3.8) is 0 Å². The summed E-state index contributed by atoms with van der Waals surface area (Å²) in [5, 5.41) is 27.2. The number of hydrogen-bond donors (Lipinski definition) is 2. The normalized spacial score (nSPS) is 33.2. The molecule has 4 heteroatoms. The Morgan fingerprint density at radius 1 is 0.385 bits per heavy atom. The van der Waals surface area contributed by atoms with Crippen LogP contribution in [0.1, 0.15) is 213 Å². The van der Waals surface area contributed by atoms with E-state index in [-0.39, 0.29) is 43.3 Å². The van der Waals surface area contributed by atoms with Crippen molar-refractivity contribution < 1.29 is 10.2 Å². The van der Waals surface area contributed by atoms with Gasteiger partial charge in [-0.05, 0) is 168 Å². The van der Waals surface area contributed by atoms with Gasteiger partial charge in [0.15, 0.2) is 0 Å². The fourth-order valence-electron chi connectivity index (χ4n) is 19.4. The number of benzene rings is 6. The topological polar surface area (TPSA) is 40.5 Å². The fraction of sp³-hybridized carbons (Fsp3) is 0.514. The molecule has 0 aliphatic heterocycles. The lowest BCUT2D eigenvalue weighted by Crippen LogP contribution is -2.62. The molecule has 9 saturated carbocycles. The first-order chi connectivity index (χ1) is 37.4. The van der Waals surface area contributed by atoms with Gasteiger partial charge in [0, 0.05) is 55.1 Å². The second-order valence-corrected chi connectivity index (χ2v) is 31.9. The Morgan fingerprint density at radius 2 is 0.667 bits per heavy atom. The van der Waals surface area contributed by atoms with Crippen molar-refractivity contribution in [3.05, 3.63) is 201 Å². The Bertz CT molecular complexity index is 2810. The number of hydrogen-bond acceptors (Lipinski definition) is 4. The quantitative estimate of drug-likeness (QED) is 0.128. The van der Waals surface area contributed by atoms with E-state index in [4.69, 9.17) is 0 Å².